The van der Waals surface area contributed by atoms with Gasteiger partial charge in [0.1, 0.15) is 0 Å². The molecule has 0 heterocycles. The molecule has 0 amide bonds. The van der Waals surface area contributed by atoms with Gasteiger partial charge in [0.2, 0.25) is 0 Å². The average molecular weight is 146 g/mol. The molecule has 0 aromatic rings. The monoisotopic (exact) mass is 146 g/mol. The van der Waals surface area contributed by atoms with Gasteiger partial charge in [0.15, 0.2) is 0 Å². The Morgan fingerprint density at radius 2 is 2.00 bits per heavy atom. The fraction of sp³-hybridized carbons (Fsp3) is 0. The first kappa shape index (κ1) is 7.50. The predicted molar refractivity (Wildman–Crippen MR) is 23.7 cm³/mol. The molecule has 0 fully saturated rings. The molecule has 7 heteroatoms. The van der Waals surface area contributed by atoms with E-state index in [4.69, 9.17) is 14.7 Å². The molecule has 0 aromatic heterocycles. The third-order valence-corrected chi connectivity index (χ3v) is 1.44. The fourth-order valence-electron chi connectivity index (χ4n) is 0.0698. The lowest BCUT2D eigenvalue weighted by Crippen LogP contribution is -1.67. The normalized spacial score (nSPS) is 14.9. The van der Waals surface area contributed by atoms with E-state index in [1.807, 2.05) is 0 Å². The Morgan fingerprint density at radius 1 is 1.57 bits per heavy atom. The molecule has 5 nitrogen and oxygen atoms in total. The van der Waals surface area contributed by atoms with Crippen molar-refractivity contribution in [2.24, 2.45) is 0 Å². The molecule has 1 atom stereocenters. The summed E-state index contributed by atoms with van der Waals surface area (Å²) in [6, 6.07) is 0. The average Bonchev–Trinajstić information content (AvgIpc) is 1.27. The molecular weight excluding hydrogens is 142 g/mol. The molecule has 0 spiro atoms. The highest BCUT2D eigenvalue weighted by Crippen LogP contribution is 2.36. The molecule has 0 aliphatic carbocycles. The van der Waals surface area contributed by atoms with Gasteiger partial charge in [0.05, 0.1) is 0 Å². The van der Waals surface area contributed by atoms with Crippen molar-refractivity contribution in [2.45, 2.75) is 0 Å². The Morgan fingerprint density at radius 3 is 2.00 bits per heavy atom. The lowest BCUT2D eigenvalue weighted by molar-refractivity contribution is 0.346. The van der Waals surface area contributed by atoms with Gasteiger partial charge in [-0.05, 0) is 0 Å². The molecule has 44 valence electrons. The molecule has 0 radical (unpaired) electrons. The first-order valence-electron chi connectivity index (χ1n) is 1.21. The van der Waals surface area contributed by atoms with Crippen LogP contribution >= 0.6 is 16.9 Å². The summed E-state index contributed by atoms with van der Waals surface area (Å²) in [6.07, 6.45) is 0. The second-order valence-electron chi connectivity index (χ2n) is 0.610. The molecule has 0 bridgehead atoms. The van der Waals surface area contributed by atoms with Crippen LogP contribution in [-0.2, 0) is 8.88 Å². The Labute approximate surface area is 41.5 Å². The van der Waals surface area contributed by atoms with Gasteiger partial charge in [-0.1, -0.05) is 0 Å². The van der Waals surface area contributed by atoms with E-state index in [0.717, 1.165) is 0 Å². The van der Waals surface area contributed by atoms with Crippen LogP contribution in [0.2, 0.25) is 0 Å². The topological polar surface area (TPSA) is 87.0 Å². The first-order chi connectivity index (χ1) is 3.13. The van der Waals surface area contributed by atoms with Crippen molar-refractivity contribution in [3.8, 4) is 0 Å². The molecular formula is H4O5P2. The molecule has 0 aliphatic rings. The molecule has 7 heavy (non-hydrogen) atoms. The number of hydrogen-bond acceptors (Lipinski definition) is 4. The standard InChI is InChI=1S/H4O5P2/c1-6(2)5-7(3)4/h1-2,7H,(H,3,4). The van der Waals surface area contributed by atoms with Crippen LogP contribution in [-0.4, -0.2) is 14.7 Å². The highest BCUT2D eigenvalue weighted by Gasteiger charge is 2.00. The van der Waals surface area contributed by atoms with E-state index in [-0.39, 0.29) is 0 Å². The summed E-state index contributed by atoms with van der Waals surface area (Å²) in [5.41, 5.74) is 0. The minimum absolute atomic E-state index is 2.66. The molecule has 3 N–H and O–H groups in total. The minimum atomic E-state index is -3.16. The number of hydrogen-bond donors (Lipinski definition) is 3. The van der Waals surface area contributed by atoms with Crippen LogP contribution in [0.15, 0.2) is 0 Å². The van der Waals surface area contributed by atoms with Gasteiger partial charge in [-0.15, -0.1) is 0 Å². The molecule has 0 saturated heterocycles. The highest BCUT2D eigenvalue weighted by atomic mass is 31.2. The van der Waals surface area contributed by atoms with Crippen LogP contribution in [0, 0.1) is 0 Å². The predicted octanol–water partition coefficient (Wildman–Crippen LogP) is -0.404. The van der Waals surface area contributed by atoms with Crippen LogP contribution in [0.25, 0.3) is 0 Å². The highest BCUT2D eigenvalue weighted by molar-refractivity contribution is 7.50. The van der Waals surface area contributed by atoms with Gasteiger partial charge in [-0.25, -0.2) is 4.31 Å². The van der Waals surface area contributed by atoms with Crippen LogP contribution in [0.3, 0.4) is 0 Å². The fourth-order valence-corrected chi connectivity index (χ4v) is 0.629. The van der Waals surface area contributed by atoms with Gasteiger partial charge in [-0.2, -0.15) is 0 Å². The lowest BCUT2D eigenvalue weighted by Gasteiger charge is -1.94. The summed E-state index contributed by atoms with van der Waals surface area (Å²) in [4.78, 5) is 23.3. The summed E-state index contributed by atoms with van der Waals surface area (Å²) in [6.45, 7) is 0. The van der Waals surface area contributed by atoms with Crippen molar-refractivity contribution < 1.29 is 23.6 Å². The maximum Gasteiger partial charge on any atom is 0.334 e. The van der Waals surface area contributed by atoms with E-state index in [2.05, 4.69) is 4.31 Å². The molecule has 0 aromatic carbocycles. The lowest BCUT2D eigenvalue weighted by atomic mass is 15.8. The minimum Gasteiger partial charge on any atom is -0.328 e. The third kappa shape index (κ3) is 6.50. The van der Waals surface area contributed by atoms with Gasteiger partial charge in [0.25, 0.3) is 0 Å². The van der Waals surface area contributed by atoms with Crippen molar-refractivity contribution >= 4 is 16.9 Å². The van der Waals surface area contributed by atoms with Crippen molar-refractivity contribution in [3.63, 3.8) is 0 Å². The second kappa shape index (κ2) is 3.50. The van der Waals surface area contributed by atoms with Crippen molar-refractivity contribution in [2.75, 3.05) is 0 Å². The Balaban J connectivity index is 3.13. The van der Waals surface area contributed by atoms with Crippen molar-refractivity contribution in [1.82, 2.24) is 0 Å². The van der Waals surface area contributed by atoms with E-state index < -0.39 is 16.9 Å². The largest absolute Gasteiger partial charge is 0.334 e. The maximum atomic E-state index is 9.47. The zero-order valence-electron chi connectivity index (χ0n) is 3.11. The summed E-state index contributed by atoms with van der Waals surface area (Å²) in [5, 5.41) is 0. The van der Waals surface area contributed by atoms with Crippen LogP contribution in [0.1, 0.15) is 0 Å². The Bertz CT molecular complexity index is 66.5. The SMILES string of the molecule is O=[PH](O)OP(O)O. The van der Waals surface area contributed by atoms with Crippen LogP contribution in [0.4, 0.5) is 0 Å². The van der Waals surface area contributed by atoms with Gasteiger partial charge in [-0.3, -0.25) is 4.57 Å². The zero-order chi connectivity index (χ0) is 5.86. The van der Waals surface area contributed by atoms with E-state index in [0.29, 0.717) is 0 Å². The third-order valence-electron chi connectivity index (χ3n) is 0.160. The van der Waals surface area contributed by atoms with E-state index in [9.17, 15) is 4.57 Å². The second-order valence-corrected chi connectivity index (χ2v) is 2.38. The van der Waals surface area contributed by atoms with E-state index >= 15 is 0 Å². The first-order valence-corrected chi connectivity index (χ1v) is 3.64. The van der Waals surface area contributed by atoms with Crippen LogP contribution in [0.5, 0.6) is 0 Å². The summed E-state index contributed by atoms with van der Waals surface area (Å²) in [7, 11) is -5.81. The summed E-state index contributed by atoms with van der Waals surface area (Å²) < 4.78 is 13.0. The van der Waals surface area contributed by atoms with Gasteiger partial charge >= 0.3 is 16.9 Å². The number of rotatable bonds is 2. The Hall–Kier alpha value is 0.500. The smallest absolute Gasteiger partial charge is 0.328 e. The summed E-state index contributed by atoms with van der Waals surface area (Å²) >= 11 is 0. The quantitative estimate of drug-likeness (QED) is 0.461. The molecule has 1 unspecified atom stereocenters. The molecule has 0 rings (SSSR count). The van der Waals surface area contributed by atoms with E-state index in [1.165, 1.54) is 0 Å². The Kier molecular flexibility index (Phi) is 3.75. The van der Waals surface area contributed by atoms with E-state index in [1.54, 1.807) is 0 Å². The van der Waals surface area contributed by atoms with Gasteiger partial charge in [0, 0.05) is 0 Å². The summed E-state index contributed by atoms with van der Waals surface area (Å²) in [5.74, 6) is 0. The zero-order valence-corrected chi connectivity index (χ0v) is 5.00. The van der Waals surface area contributed by atoms with Crippen LogP contribution < -0.4 is 0 Å². The molecule has 0 aliphatic heterocycles. The molecule has 0 saturated carbocycles. The maximum absolute atomic E-state index is 9.47. The van der Waals surface area contributed by atoms with Crippen molar-refractivity contribution in [3.05, 3.63) is 0 Å². The van der Waals surface area contributed by atoms with Gasteiger partial charge < -0.3 is 14.7 Å². The van der Waals surface area contributed by atoms with Crippen molar-refractivity contribution in [1.29, 1.82) is 0 Å².